The molecule has 19 heavy (non-hydrogen) atoms. The van der Waals surface area contributed by atoms with Gasteiger partial charge in [0.25, 0.3) is 0 Å². The molecule has 1 aromatic heterocycles. The maximum absolute atomic E-state index is 6.22. The van der Waals surface area contributed by atoms with Crippen molar-refractivity contribution in [3.05, 3.63) is 64.8 Å². The molecule has 0 bridgehead atoms. The van der Waals surface area contributed by atoms with E-state index >= 15 is 0 Å². The smallest absolute Gasteiger partial charge is 0.0640 e. The fourth-order valence-corrected chi connectivity index (χ4v) is 2.63. The normalized spacial score (nSPS) is 10.8. The first kappa shape index (κ1) is 12.1. The van der Waals surface area contributed by atoms with Gasteiger partial charge in [-0.3, -0.25) is 0 Å². The van der Waals surface area contributed by atoms with Crippen molar-refractivity contribution in [1.29, 1.82) is 0 Å². The maximum atomic E-state index is 6.22. The second kappa shape index (κ2) is 4.98. The number of aryl methyl sites for hydroxylation is 1. The summed E-state index contributed by atoms with van der Waals surface area (Å²) in [4.78, 5) is 3.23. The monoisotopic (exact) mass is 270 g/mol. The van der Waals surface area contributed by atoms with Crippen LogP contribution in [-0.4, -0.2) is 4.98 Å². The van der Waals surface area contributed by atoms with Crippen LogP contribution in [0, 0.1) is 6.92 Å². The number of hydrogen-bond acceptors (Lipinski definition) is 1. The van der Waals surface area contributed by atoms with Gasteiger partial charge in [0.15, 0.2) is 0 Å². The minimum absolute atomic E-state index is 0.764. The van der Waals surface area contributed by atoms with Crippen molar-refractivity contribution in [2.45, 2.75) is 13.5 Å². The molecule has 3 rings (SSSR count). The fraction of sp³-hybridized carbons (Fsp3) is 0.125. The minimum Gasteiger partial charge on any atom is -0.380 e. The third-order valence-electron chi connectivity index (χ3n) is 3.36. The van der Waals surface area contributed by atoms with Crippen molar-refractivity contribution in [1.82, 2.24) is 4.98 Å². The van der Waals surface area contributed by atoms with Crippen molar-refractivity contribution in [2.75, 3.05) is 5.32 Å². The van der Waals surface area contributed by atoms with E-state index in [1.807, 2.05) is 18.3 Å². The van der Waals surface area contributed by atoms with E-state index in [0.29, 0.717) is 0 Å². The molecular weight excluding hydrogens is 256 g/mol. The predicted octanol–water partition coefficient (Wildman–Crippen LogP) is 4.74. The topological polar surface area (TPSA) is 27.8 Å². The van der Waals surface area contributed by atoms with Gasteiger partial charge in [0.1, 0.15) is 0 Å². The molecule has 3 heteroatoms. The van der Waals surface area contributed by atoms with Gasteiger partial charge in [-0.1, -0.05) is 35.9 Å². The van der Waals surface area contributed by atoms with E-state index in [1.165, 1.54) is 10.9 Å². The average Bonchev–Trinajstić information content (AvgIpc) is 2.87. The lowest BCUT2D eigenvalue weighted by Gasteiger charge is -2.12. The fourth-order valence-electron chi connectivity index (χ4n) is 2.34. The summed E-state index contributed by atoms with van der Waals surface area (Å²) in [6.45, 7) is 2.82. The molecule has 0 aliphatic heterocycles. The summed E-state index contributed by atoms with van der Waals surface area (Å²) in [5, 5.41) is 5.45. The second-order valence-electron chi connectivity index (χ2n) is 4.64. The SMILES string of the molecule is Cc1cccc(Cl)c1NCc1cccc2[nH]ccc12. The van der Waals surface area contributed by atoms with E-state index in [-0.39, 0.29) is 0 Å². The number of halogens is 1. The van der Waals surface area contributed by atoms with E-state index < -0.39 is 0 Å². The van der Waals surface area contributed by atoms with E-state index in [2.05, 4.69) is 47.6 Å². The molecule has 0 radical (unpaired) electrons. The third kappa shape index (κ3) is 2.32. The molecule has 2 N–H and O–H groups in total. The number of hydrogen-bond donors (Lipinski definition) is 2. The standard InChI is InChI=1S/C16H15ClN2/c1-11-4-2-6-14(17)16(11)19-10-12-5-3-7-15-13(12)8-9-18-15/h2-9,18-19H,10H2,1H3. The van der Waals surface area contributed by atoms with Crippen LogP contribution in [-0.2, 0) is 6.54 Å². The first-order valence-electron chi connectivity index (χ1n) is 6.29. The van der Waals surface area contributed by atoms with Crippen LogP contribution in [0.2, 0.25) is 5.02 Å². The molecule has 0 amide bonds. The molecule has 0 spiro atoms. The van der Waals surface area contributed by atoms with Crippen LogP contribution in [0.15, 0.2) is 48.7 Å². The Morgan fingerprint density at radius 1 is 1.11 bits per heavy atom. The Morgan fingerprint density at radius 3 is 2.79 bits per heavy atom. The lowest BCUT2D eigenvalue weighted by Crippen LogP contribution is -2.02. The number of anilines is 1. The molecule has 0 atom stereocenters. The van der Waals surface area contributed by atoms with E-state index in [1.54, 1.807) is 0 Å². The van der Waals surface area contributed by atoms with Gasteiger partial charge in [-0.15, -0.1) is 0 Å². The van der Waals surface area contributed by atoms with Gasteiger partial charge < -0.3 is 10.3 Å². The highest BCUT2D eigenvalue weighted by Gasteiger charge is 2.05. The quantitative estimate of drug-likeness (QED) is 0.707. The Kier molecular flexibility index (Phi) is 3.18. The second-order valence-corrected chi connectivity index (χ2v) is 5.05. The lowest BCUT2D eigenvalue weighted by molar-refractivity contribution is 1.16. The van der Waals surface area contributed by atoms with E-state index in [9.17, 15) is 0 Å². The van der Waals surface area contributed by atoms with Gasteiger partial charge in [-0.05, 0) is 36.2 Å². The molecule has 0 fully saturated rings. The molecule has 2 aromatic carbocycles. The number of aromatic nitrogens is 1. The van der Waals surface area contributed by atoms with Gasteiger partial charge in [0.05, 0.1) is 10.7 Å². The summed E-state index contributed by atoms with van der Waals surface area (Å²) in [5.41, 5.74) is 4.60. The van der Waals surface area contributed by atoms with Crippen molar-refractivity contribution >= 4 is 28.2 Å². The van der Waals surface area contributed by atoms with Gasteiger partial charge in [0.2, 0.25) is 0 Å². The zero-order chi connectivity index (χ0) is 13.2. The summed E-state index contributed by atoms with van der Waals surface area (Å²) in [7, 11) is 0. The molecule has 96 valence electrons. The maximum Gasteiger partial charge on any atom is 0.0640 e. The number of fused-ring (bicyclic) bond motifs is 1. The first-order valence-corrected chi connectivity index (χ1v) is 6.67. The van der Waals surface area contributed by atoms with Crippen LogP contribution in [0.1, 0.15) is 11.1 Å². The molecule has 2 nitrogen and oxygen atoms in total. The first-order chi connectivity index (χ1) is 9.25. The summed E-state index contributed by atoms with van der Waals surface area (Å²) in [6, 6.07) is 14.3. The summed E-state index contributed by atoms with van der Waals surface area (Å²) < 4.78 is 0. The van der Waals surface area contributed by atoms with Gasteiger partial charge >= 0.3 is 0 Å². The molecule has 0 unspecified atom stereocenters. The van der Waals surface area contributed by atoms with Crippen LogP contribution in [0.25, 0.3) is 10.9 Å². The molecule has 0 aliphatic rings. The van der Waals surface area contributed by atoms with Crippen molar-refractivity contribution in [3.8, 4) is 0 Å². The van der Waals surface area contributed by atoms with Gasteiger partial charge in [-0.2, -0.15) is 0 Å². The molecule has 3 aromatic rings. The van der Waals surface area contributed by atoms with Crippen molar-refractivity contribution in [3.63, 3.8) is 0 Å². The Labute approximate surface area is 117 Å². The zero-order valence-electron chi connectivity index (χ0n) is 10.7. The lowest BCUT2D eigenvalue weighted by atomic mass is 10.1. The van der Waals surface area contributed by atoms with E-state index in [4.69, 9.17) is 11.6 Å². The largest absolute Gasteiger partial charge is 0.380 e. The van der Waals surface area contributed by atoms with E-state index in [0.717, 1.165) is 28.3 Å². The van der Waals surface area contributed by atoms with Crippen LogP contribution in [0.3, 0.4) is 0 Å². The number of aromatic amines is 1. The highest BCUT2D eigenvalue weighted by Crippen LogP contribution is 2.26. The summed E-state index contributed by atoms with van der Waals surface area (Å²) in [6.07, 6.45) is 1.97. The number of rotatable bonds is 3. The molecule has 0 aliphatic carbocycles. The number of nitrogens with one attached hydrogen (secondary N) is 2. The molecule has 0 saturated heterocycles. The summed E-state index contributed by atoms with van der Waals surface area (Å²) in [5.74, 6) is 0. The number of H-pyrrole nitrogens is 1. The van der Waals surface area contributed by atoms with Crippen LogP contribution < -0.4 is 5.32 Å². The average molecular weight is 271 g/mol. The zero-order valence-corrected chi connectivity index (χ0v) is 11.5. The minimum atomic E-state index is 0.764. The molecular formula is C16H15ClN2. The van der Waals surface area contributed by atoms with Gasteiger partial charge in [-0.25, -0.2) is 0 Å². The summed E-state index contributed by atoms with van der Waals surface area (Å²) >= 11 is 6.22. The van der Waals surface area contributed by atoms with Crippen LogP contribution >= 0.6 is 11.6 Å². The predicted molar refractivity (Wildman–Crippen MR) is 81.8 cm³/mol. The molecule has 1 heterocycles. The van der Waals surface area contributed by atoms with Crippen molar-refractivity contribution < 1.29 is 0 Å². The van der Waals surface area contributed by atoms with Gasteiger partial charge in [0, 0.05) is 23.6 Å². The van der Waals surface area contributed by atoms with Crippen molar-refractivity contribution in [2.24, 2.45) is 0 Å². The highest BCUT2D eigenvalue weighted by atomic mass is 35.5. The Hall–Kier alpha value is -1.93. The Bertz CT molecular complexity index is 695. The third-order valence-corrected chi connectivity index (χ3v) is 3.68. The number of para-hydroxylation sites is 1. The van der Waals surface area contributed by atoms with Crippen LogP contribution in [0.5, 0.6) is 0 Å². The highest BCUT2D eigenvalue weighted by molar-refractivity contribution is 6.33. The number of benzene rings is 2. The Morgan fingerprint density at radius 2 is 1.95 bits per heavy atom. The molecule has 0 saturated carbocycles. The Balaban J connectivity index is 1.88. The van der Waals surface area contributed by atoms with Crippen LogP contribution in [0.4, 0.5) is 5.69 Å².